The van der Waals surface area contributed by atoms with Crippen LogP contribution >= 0.6 is 0 Å². The summed E-state index contributed by atoms with van der Waals surface area (Å²) in [6.45, 7) is 16.4. The molecule has 2 aliphatic heterocycles. The molecule has 0 radical (unpaired) electrons. The molecule has 1 aromatic carbocycles. The maximum absolute atomic E-state index is 15.3. The number of carbonyl (C=O) groups excluding carboxylic acids is 2. The lowest BCUT2D eigenvalue weighted by Gasteiger charge is -2.42. The SMILES string of the molecule is CC(=O)NC(C)(C)CC(CC(C)(C)C)C1CCN(C(=O)[C@@H]2CC(N3CCC(F)(F)CC3)C[C@H]2c2ccc(C)cc2F)CC1. The van der Waals surface area contributed by atoms with Gasteiger partial charge in [0.05, 0.1) is 0 Å². The maximum Gasteiger partial charge on any atom is 0.250 e. The summed E-state index contributed by atoms with van der Waals surface area (Å²) in [6, 6.07) is 5.26. The molecule has 4 rings (SSSR count). The molecule has 2 heterocycles. The van der Waals surface area contributed by atoms with Gasteiger partial charge in [0, 0.05) is 63.4 Å². The molecule has 2 amide bonds. The molecule has 1 aromatic rings. The molecule has 1 aliphatic carbocycles. The number of piperidine rings is 2. The molecule has 43 heavy (non-hydrogen) atoms. The number of nitrogens with zero attached hydrogens (tertiary/aromatic N) is 2. The summed E-state index contributed by atoms with van der Waals surface area (Å²) in [5, 5.41) is 3.12. The van der Waals surface area contributed by atoms with Crippen molar-refractivity contribution < 1.29 is 22.8 Å². The number of rotatable bonds is 8. The quantitative estimate of drug-likeness (QED) is 0.338. The lowest BCUT2D eigenvalue weighted by atomic mass is 9.70. The Morgan fingerprint density at radius 1 is 1.00 bits per heavy atom. The first-order valence-electron chi connectivity index (χ1n) is 16.4. The number of hydrogen-bond donors (Lipinski definition) is 1. The number of hydrogen-bond acceptors (Lipinski definition) is 3. The molecule has 1 saturated carbocycles. The predicted octanol–water partition coefficient (Wildman–Crippen LogP) is 7.32. The zero-order valence-electron chi connectivity index (χ0n) is 27.4. The van der Waals surface area contributed by atoms with E-state index in [0.717, 1.165) is 31.2 Å². The Morgan fingerprint density at radius 2 is 1.63 bits per heavy atom. The van der Waals surface area contributed by atoms with Crippen molar-refractivity contribution in [2.75, 3.05) is 26.2 Å². The molecule has 5 nitrogen and oxygen atoms in total. The van der Waals surface area contributed by atoms with E-state index in [9.17, 15) is 18.4 Å². The summed E-state index contributed by atoms with van der Waals surface area (Å²) in [7, 11) is 0. The second-order valence-corrected chi connectivity index (χ2v) is 15.7. The summed E-state index contributed by atoms with van der Waals surface area (Å²) in [4.78, 5) is 30.1. The van der Waals surface area contributed by atoms with Crippen molar-refractivity contribution in [1.82, 2.24) is 15.1 Å². The van der Waals surface area contributed by atoms with Gasteiger partial charge in [-0.05, 0) is 99.7 Å². The van der Waals surface area contributed by atoms with Crippen molar-refractivity contribution in [3.05, 3.63) is 35.1 Å². The van der Waals surface area contributed by atoms with E-state index >= 15 is 4.39 Å². The minimum atomic E-state index is -2.63. The van der Waals surface area contributed by atoms with Gasteiger partial charge in [0.25, 0.3) is 5.92 Å². The molecule has 2 unspecified atom stereocenters. The van der Waals surface area contributed by atoms with Gasteiger partial charge in [-0.3, -0.25) is 14.5 Å². The minimum absolute atomic E-state index is 0.000431. The van der Waals surface area contributed by atoms with Crippen LogP contribution in [0.4, 0.5) is 13.2 Å². The van der Waals surface area contributed by atoms with E-state index in [1.165, 1.54) is 6.07 Å². The van der Waals surface area contributed by atoms with Crippen molar-refractivity contribution >= 4 is 11.8 Å². The van der Waals surface area contributed by atoms with Gasteiger partial charge in [0.2, 0.25) is 11.8 Å². The van der Waals surface area contributed by atoms with E-state index in [1.807, 2.05) is 24.0 Å². The molecule has 8 heteroatoms. The van der Waals surface area contributed by atoms with Crippen LogP contribution in [0.3, 0.4) is 0 Å². The largest absolute Gasteiger partial charge is 0.351 e. The summed E-state index contributed by atoms with van der Waals surface area (Å²) in [5.74, 6) is -2.59. The number of likely N-dealkylation sites (tertiary alicyclic amines) is 2. The van der Waals surface area contributed by atoms with E-state index in [1.54, 1.807) is 6.92 Å². The summed E-state index contributed by atoms with van der Waals surface area (Å²) in [6.07, 6.45) is 4.62. The van der Waals surface area contributed by atoms with Crippen LogP contribution in [0, 0.1) is 35.9 Å². The summed E-state index contributed by atoms with van der Waals surface area (Å²) < 4.78 is 43.1. The summed E-state index contributed by atoms with van der Waals surface area (Å²) >= 11 is 0. The number of halogens is 3. The molecule has 4 atom stereocenters. The van der Waals surface area contributed by atoms with Crippen LogP contribution in [-0.2, 0) is 9.59 Å². The number of nitrogens with one attached hydrogen (secondary N) is 1. The van der Waals surface area contributed by atoms with Gasteiger partial charge in [0.15, 0.2) is 0 Å². The van der Waals surface area contributed by atoms with Crippen LogP contribution in [0.1, 0.15) is 110 Å². The van der Waals surface area contributed by atoms with Crippen molar-refractivity contribution in [1.29, 1.82) is 0 Å². The molecule has 0 spiro atoms. The zero-order chi connectivity index (χ0) is 31.7. The van der Waals surface area contributed by atoms with Crippen molar-refractivity contribution in [2.45, 2.75) is 123 Å². The van der Waals surface area contributed by atoms with Crippen LogP contribution in [0.5, 0.6) is 0 Å². The first-order chi connectivity index (χ1) is 19.9. The van der Waals surface area contributed by atoms with Crippen LogP contribution in [-0.4, -0.2) is 65.3 Å². The molecule has 0 aromatic heterocycles. The van der Waals surface area contributed by atoms with E-state index in [4.69, 9.17) is 0 Å². The van der Waals surface area contributed by atoms with Gasteiger partial charge in [-0.1, -0.05) is 32.9 Å². The van der Waals surface area contributed by atoms with Gasteiger partial charge < -0.3 is 10.2 Å². The van der Waals surface area contributed by atoms with Gasteiger partial charge in [0.1, 0.15) is 5.82 Å². The third kappa shape index (κ3) is 8.98. The molecular formula is C35H54F3N3O2. The highest BCUT2D eigenvalue weighted by atomic mass is 19.3. The zero-order valence-corrected chi connectivity index (χ0v) is 27.4. The Morgan fingerprint density at radius 3 is 2.19 bits per heavy atom. The highest BCUT2D eigenvalue weighted by molar-refractivity contribution is 5.80. The molecule has 1 N–H and O–H groups in total. The number of amides is 2. The first-order valence-corrected chi connectivity index (χ1v) is 16.4. The second kappa shape index (κ2) is 13.1. The lowest BCUT2D eigenvalue weighted by Crippen LogP contribution is -2.47. The fourth-order valence-electron chi connectivity index (χ4n) is 8.28. The highest BCUT2D eigenvalue weighted by Crippen LogP contribution is 2.46. The van der Waals surface area contributed by atoms with E-state index in [0.29, 0.717) is 56.4 Å². The predicted molar refractivity (Wildman–Crippen MR) is 166 cm³/mol. The van der Waals surface area contributed by atoms with E-state index < -0.39 is 5.92 Å². The van der Waals surface area contributed by atoms with Crippen molar-refractivity contribution in [3.8, 4) is 0 Å². The fraction of sp³-hybridized carbons (Fsp3) is 0.771. The normalized spacial score (nSPS) is 26.4. The molecule has 0 bridgehead atoms. The fourth-order valence-corrected chi connectivity index (χ4v) is 8.28. The van der Waals surface area contributed by atoms with Gasteiger partial charge in [-0.15, -0.1) is 0 Å². The van der Waals surface area contributed by atoms with Crippen LogP contribution in [0.2, 0.25) is 0 Å². The van der Waals surface area contributed by atoms with Gasteiger partial charge in [-0.2, -0.15) is 0 Å². The smallest absolute Gasteiger partial charge is 0.250 e. The van der Waals surface area contributed by atoms with Crippen LogP contribution in [0.25, 0.3) is 0 Å². The average Bonchev–Trinajstić information content (AvgIpc) is 3.31. The Kier molecular flexibility index (Phi) is 10.3. The summed E-state index contributed by atoms with van der Waals surface area (Å²) in [5.41, 5.74) is 1.25. The third-order valence-corrected chi connectivity index (χ3v) is 10.1. The maximum atomic E-state index is 15.3. The van der Waals surface area contributed by atoms with E-state index in [-0.39, 0.29) is 59.3 Å². The molecule has 242 valence electrons. The Balaban J connectivity index is 1.48. The van der Waals surface area contributed by atoms with Gasteiger partial charge >= 0.3 is 0 Å². The minimum Gasteiger partial charge on any atom is -0.351 e. The molecular weight excluding hydrogens is 551 g/mol. The van der Waals surface area contributed by atoms with E-state index in [2.05, 4.69) is 44.8 Å². The van der Waals surface area contributed by atoms with Crippen molar-refractivity contribution in [2.24, 2.45) is 23.2 Å². The standard InChI is InChI=1S/C35H54F3N3O2/c1-23-8-9-28(31(36)18-23)29-19-27(40-16-12-35(37,38)13-17-40)20-30(29)32(43)41-14-10-25(11-15-41)26(21-33(3,4)5)22-34(6,7)39-24(2)42/h8-9,18,25-27,29-30H,10-17,19-22H2,1-7H3,(H,39,42)/t26?,27?,29-,30+/m0/s1. The Bertz CT molecular complexity index is 1130. The lowest BCUT2D eigenvalue weighted by molar-refractivity contribution is -0.138. The molecule has 3 fully saturated rings. The monoisotopic (exact) mass is 605 g/mol. The molecule has 2 saturated heterocycles. The number of aryl methyl sites for hydroxylation is 1. The number of carbonyl (C=O) groups is 2. The highest BCUT2D eigenvalue weighted by Gasteiger charge is 2.47. The van der Waals surface area contributed by atoms with Crippen LogP contribution < -0.4 is 5.32 Å². The number of alkyl halides is 2. The Hall–Kier alpha value is -2.09. The Labute approximate surface area is 257 Å². The third-order valence-electron chi connectivity index (χ3n) is 10.1. The first kappa shape index (κ1) is 33.8. The van der Waals surface area contributed by atoms with Crippen LogP contribution in [0.15, 0.2) is 18.2 Å². The molecule has 3 aliphatic rings. The number of benzene rings is 1. The van der Waals surface area contributed by atoms with Crippen molar-refractivity contribution in [3.63, 3.8) is 0 Å². The second-order valence-electron chi connectivity index (χ2n) is 15.7. The average molecular weight is 606 g/mol. The van der Waals surface area contributed by atoms with Gasteiger partial charge in [-0.25, -0.2) is 13.2 Å². The topological polar surface area (TPSA) is 52.7 Å².